The molecule has 1 aliphatic heterocycles. The maximum atomic E-state index is 12.2. The fraction of sp³-hybridized carbons (Fsp3) is 0.929. The second-order valence-electron chi connectivity index (χ2n) is 5.72. The minimum Gasteiger partial charge on any atom is -0.353 e. The molecular formula is C14H26N2OS. The van der Waals surface area contributed by atoms with Crippen LogP contribution < -0.4 is 10.6 Å². The van der Waals surface area contributed by atoms with Gasteiger partial charge in [0.25, 0.3) is 0 Å². The number of amides is 1. The molecule has 0 radical (unpaired) electrons. The second-order valence-corrected chi connectivity index (χ2v) is 6.95. The lowest BCUT2D eigenvalue weighted by molar-refractivity contribution is -0.123. The molecule has 104 valence electrons. The van der Waals surface area contributed by atoms with E-state index in [1.54, 1.807) is 0 Å². The Morgan fingerprint density at radius 2 is 1.89 bits per heavy atom. The van der Waals surface area contributed by atoms with Crippen LogP contribution >= 0.6 is 11.8 Å². The van der Waals surface area contributed by atoms with Gasteiger partial charge in [0.2, 0.25) is 5.91 Å². The number of carbonyl (C=O) groups is 1. The Hall–Kier alpha value is -0.220. The zero-order valence-corrected chi connectivity index (χ0v) is 12.3. The topological polar surface area (TPSA) is 41.1 Å². The molecule has 1 saturated heterocycles. The number of hydrogen-bond acceptors (Lipinski definition) is 3. The predicted molar refractivity (Wildman–Crippen MR) is 78.0 cm³/mol. The molecule has 0 aromatic carbocycles. The van der Waals surface area contributed by atoms with Gasteiger partial charge in [0, 0.05) is 18.0 Å². The maximum Gasteiger partial charge on any atom is 0.222 e. The van der Waals surface area contributed by atoms with Crippen molar-refractivity contribution < 1.29 is 4.79 Å². The van der Waals surface area contributed by atoms with Gasteiger partial charge in [-0.15, -0.1) is 0 Å². The summed E-state index contributed by atoms with van der Waals surface area (Å²) in [6.45, 7) is 0. The molecule has 2 N–H and O–H groups in total. The monoisotopic (exact) mass is 270 g/mol. The lowest BCUT2D eigenvalue weighted by Gasteiger charge is -2.37. The van der Waals surface area contributed by atoms with Crippen molar-refractivity contribution in [2.45, 2.75) is 62.9 Å². The van der Waals surface area contributed by atoms with Crippen molar-refractivity contribution in [2.75, 3.05) is 18.6 Å². The molecule has 0 aromatic heterocycles. The molecule has 1 amide bonds. The summed E-state index contributed by atoms with van der Waals surface area (Å²) < 4.78 is 0. The average Bonchev–Trinajstić information content (AvgIpc) is 2.41. The molecule has 0 unspecified atom stereocenters. The van der Waals surface area contributed by atoms with Crippen LogP contribution in [-0.2, 0) is 4.79 Å². The Balaban J connectivity index is 1.81. The Morgan fingerprint density at radius 1 is 1.22 bits per heavy atom. The third kappa shape index (κ3) is 3.89. The second kappa shape index (κ2) is 6.80. The van der Waals surface area contributed by atoms with Gasteiger partial charge >= 0.3 is 0 Å². The summed E-state index contributed by atoms with van der Waals surface area (Å²) in [6.07, 6.45) is 9.08. The van der Waals surface area contributed by atoms with E-state index in [9.17, 15) is 4.79 Å². The number of hydrogen-bond donors (Lipinski definition) is 2. The smallest absolute Gasteiger partial charge is 0.222 e. The Bertz CT molecular complexity index is 271. The third-order valence-corrected chi connectivity index (χ3v) is 5.48. The van der Waals surface area contributed by atoms with Gasteiger partial charge < -0.3 is 10.6 Å². The van der Waals surface area contributed by atoms with E-state index in [4.69, 9.17) is 0 Å². The number of carbonyl (C=O) groups excluding carboxylic acids is 1. The van der Waals surface area contributed by atoms with E-state index in [1.165, 1.54) is 30.8 Å². The third-order valence-electron chi connectivity index (χ3n) is 4.43. The SMILES string of the molecule is CNC1(CC(=O)NC2CCSCC2)CCCCC1. The van der Waals surface area contributed by atoms with Crippen LogP contribution in [0.5, 0.6) is 0 Å². The van der Waals surface area contributed by atoms with Crippen LogP contribution in [0.25, 0.3) is 0 Å². The Labute approximate surface area is 115 Å². The van der Waals surface area contributed by atoms with E-state index in [2.05, 4.69) is 10.6 Å². The summed E-state index contributed by atoms with van der Waals surface area (Å²) in [5.41, 5.74) is 0.0751. The van der Waals surface area contributed by atoms with E-state index < -0.39 is 0 Å². The molecule has 0 spiro atoms. The van der Waals surface area contributed by atoms with Gasteiger partial charge in [-0.2, -0.15) is 11.8 Å². The standard InChI is InChI=1S/C14H26N2OS/c1-15-14(7-3-2-4-8-14)11-13(17)16-12-5-9-18-10-6-12/h12,15H,2-11H2,1H3,(H,16,17). The van der Waals surface area contributed by atoms with Gasteiger partial charge in [0.05, 0.1) is 0 Å². The van der Waals surface area contributed by atoms with Crippen LogP contribution in [0, 0.1) is 0 Å². The first-order valence-corrected chi connectivity index (χ1v) is 8.46. The molecule has 1 aliphatic carbocycles. The molecule has 1 heterocycles. The molecule has 1 saturated carbocycles. The zero-order valence-electron chi connectivity index (χ0n) is 11.5. The molecule has 2 fully saturated rings. The molecule has 0 aromatic rings. The highest BCUT2D eigenvalue weighted by atomic mass is 32.2. The van der Waals surface area contributed by atoms with E-state index >= 15 is 0 Å². The van der Waals surface area contributed by atoms with E-state index in [0.717, 1.165) is 25.7 Å². The molecule has 0 bridgehead atoms. The fourth-order valence-electron chi connectivity index (χ4n) is 3.17. The fourth-order valence-corrected chi connectivity index (χ4v) is 4.28. The maximum absolute atomic E-state index is 12.2. The van der Waals surface area contributed by atoms with Crippen LogP contribution in [0.3, 0.4) is 0 Å². The first-order valence-electron chi connectivity index (χ1n) is 7.30. The Kier molecular flexibility index (Phi) is 5.37. The first kappa shape index (κ1) is 14.2. The van der Waals surface area contributed by atoms with Crippen LogP contribution in [0.1, 0.15) is 51.4 Å². The molecule has 4 heteroatoms. The van der Waals surface area contributed by atoms with Crippen molar-refractivity contribution in [3.8, 4) is 0 Å². The number of nitrogens with one attached hydrogen (secondary N) is 2. The van der Waals surface area contributed by atoms with Crippen molar-refractivity contribution in [1.29, 1.82) is 0 Å². The van der Waals surface area contributed by atoms with Crippen molar-refractivity contribution >= 4 is 17.7 Å². The lowest BCUT2D eigenvalue weighted by atomic mass is 9.79. The largest absolute Gasteiger partial charge is 0.353 e. The predicted octanol–water partition coefficient (Wildman–Crippen LogP) is 2.31. The summed E-state index contributed by atoms with van der Waals surface area (Å²) >= 11 is 2.00. The first-order chi connectivity index (χ1) is 8.74. The van der Waals surface area contributed by atoms with E-state index in [0.29, 0.717) is 12.5 Å². The quantitative estimate of drug-likeness (QED) is 0.823. The summed E-state index contributed by atoms with van der Waals surface area (Å²) in [4.78, 5) is 12.2. The van der Waals surface area contributed by atoms with Gasteiger partial charge in [-0.1, -0.05) is 19.3 Å². The normalized spacial score (nSPS) is 24.7. The molecule has 18 heavy (non-hydrogen) atoms. The van der Waals surface area contributed by atoms with E-state index in [1.807, 2.05) is 18.8 Å². The molecular weight excluding hydrogens is 244 g/mol. The van der Waals surface area contributed by atoms with Gasteiger partial charge in [-0.25, -0.2) is 0 Å². The van der Waals surface area contributed by atoms with Crippen LogP contribution in [0.2, 0.25) is 0 Å². The van der Waals surface area contributed by atoms with Crippen molar-refractivity contribution in [1.82, 2.24) is 10.6 Å². The Morgan fingerprint density at radius 3 is 2.50 bits per heavy atom. The van der Waals surface area contributed by atoms with Crippen LogP contribution in [0.15, 0.2) is 0 Å². The van der Waals surface area contributed by atoms with Crippen molar-refractivity contribution in [2.24, 2.45) is 0 Å². The highest BCUT2D eigenvalue weighted by Crippen LogP contribution is 2.30. The van der Waals surface area contributed by atoms with Crippen molar-refractivity contribution in [3.63, 3.8) is 0 Å². The molecule has 0 atom stereocenters. The minimum atomic E-state index is 0.0751. The summed E-state index contributed by atoms with van der Waals surface area (Å²) in [6, 6.07) is 0.427. The van der Waals surface area contributed by atoms with Gasteiger partial charge in [0.1, 0.15) is 0 Å². The summed E-state index contributed by atoms with van der Waals surface area (Å²) in [5.74, 6) is 2.65. The van der Waals surface area contributed by atoms with E-state index in [-0.39, 0.29) is 11.4 Å². The van der Waals surface area contributed by atoms with Gasteiger partial charge in [-0.3, -0.25) is 4.79 Å². The molecule has 3 nitrogen and oxygen atoms in total. The number of rotatable bonds is 4. The van der Waals surface area contributed by atoms with Gasteiger partial charge in [-0.05, 0) is 44.2 Å². The summed E-state index contributed by atoms with van der Waals surface area (Å²) in [7, 11) is 2.01. The van der Waals surface area contributed by atoms with Crippen LogP contribution in [-0.4, -0.2) is 36.0 Å². The van der Waals surface area contributed by atoms with Gasteiger partial charge in [0.15, 0.2) is 0 Å². The lowest BCUT2D eigenvalue weighted by Crippen LogP contribution is -2.49. The highest BCUT2D eigenvalue weighted by molar-refractivity contribution is 7.99. The summed E-state index contributed by atoms with van der Waals surface area (Å²) in [5, 5.41) is 6.65. The number of thioether (sulfide) groups is 1. The highest BCUT2D eigenvalue weighted by Gasteiger charge is 2.33. The average molecular weight is 270 g/mol. The zero-order chi connectivity index (χ0) is 12.8. The van der Waals surface area contributed by atoms with Crippen molar-refractivity contribution in [3.05, 3.63) is 0 Å². The molecule has 2 rings (SSSR count). The minimum absolute atomic E-state index is 0.0751. The molecule has 2 aliphatic rings. The van der Waals surface area contributed by atoms with Crippen LogP contribution in [0.4, 0.5) is 0 Å².